The quantitative estimate of drug-likeness (QED) is 0.238. The lowest BCUT2D eigenvalue weighted by Crippen LogP contribution is -2.39. The van der Waals surface area contributed by atoms with Gasteiger partial charge in [0.15, 0.2) is 0 Å². The second-order valence-corrected chi connectivity index (χ2v) is 11.9. The molecule has 232 valence electrons. The van der Waals surface area contributed by atoms with Gasteiger partial charge in [-0.25, -0.2) is 15.0 Å². The van der Waals surface area contributed by atoms with Crippen LogP contribution in [0.2, 0.25) is 0 Å². The molecule has 0 aliphatic carbocycles. The summed E-state index contributed by atoms with van der Waals surface area (Å²) in [6.45, 7) is 5.98. The summed E-state index contributed by atoms with van der Waals surface area (Å²) in [6.07, 6.45) is 9.15. The number of anilines is 1. The number of hydrogen-bond donors (Lipinski definition) is 1. The van der Waals surface area contributed by atoms with E-state index < -0.39 is 0 Å². The van der Waals surface area contributed by atoms with Crippen LogP contribution < -0.4 is 10.5 Å². The number of fused-ring (bicyclic) bond motifs is 1. The molecular formula is C34H39N9O2. The number of hydrogen-bond acceptors (Lipinski definition) is 8. The second kappa shape index (κ2) is 12.5. The van der Waals surface area contributed by atoms with Crippen molar-refractivity contribution in [2.75, 3.05) is 39.5 Å². The average molecular weight is 606 g/mol. The number of nitrogens with zero attached hydrogens (tertiary/aromatic N) is 8. The van der Waals surface area contributed by atoms with E-state index in [9.17, 15) is 4.79 Å². The molecule has 0 unspecified atom stereocenters. The summed E-state index contributed by atoms with van der Waals surface area (Å²) in [5.41, 5.74) is 12.7. The third kappa shape index (κ3) is 6.16. The first-order chi connectivity index (χ1) is 21.7. The molecule has 1 amide bonds. The highest BCUT2D eigenvalue weighted by Gasteiger charge is 2.27. The van der Waals surface area contributed by atoms with Gasteiger partial charge < -0.3 is 24.8 Å². The number of nitrogens with two attached hydrogens (primary N) is 1. The van der Waals surface area contributed by atoms with Gasteiger partial charge in [0.05, 0.1) is 23.3 Å². The van der Waals surface area contributed by atoms with E-state index in [2.05, 4.69) is 25.7 Å². The molecule has 1 aliphatic rings. The average Bonchev–Trinajstić information content (AvgIpc) is 3.63. The molecule has 5 heterocycles. The first-order valence-corrected chi connectivity index (χ1v) is 15.2. The zero-order valence-corrected chi connectivity index (χ0v) is 26.4. The lowest BCUT2D eigenvalue weighted by molar-refractivity contribution is -0.128. The van der Waals surface area contributed by atoms with Crippen molar-refractivity contribution in [1.29, 1.82) is 0 Å². The van der Waals surface area contributed by atoms with Crippen molar-refractivity contribution in [3.05, 3.63) is 78.5 Å². The summed E-state index contributed by atoms with van der Waals surface area (Å²) in [4.78, 5) is 30.3. The van der Waals surface area contributed by atoms with Crippen molar-refractivity contribution in [1.82, 2.24) is 39.1 Å². The summed E-state index contributed by atoms with van der Waals surface area (Å²) in [6, 6.07) is 13.8. The third-order valence-electron chi connectivity index (χ3n) is 8.33. The smallest absolute Gasteiger partial charge is 0.249 e. The van der Waals surface area contributed by atoms with E-state index in [1.54, 1.807) is 0 Å². The number of piperidine rings is 1. The molecule has 0 radical (unpaired) electrons. The van der Waals surface area contributed by atoms with Crippen molar-refractivity contribution < 1.29 is 9.53 Å². The van der Waals surface area contributed by atoms with Crippen molar-refractivity contribution in [3.8, 4) is 34.0 Å². The highest BCUT2D eigenvalue weighted by atomic mass is 16.5. The van der Waals surface area contributed by atoms with Crippen LogP contribution in [0.3, 0.4) is 0 Å². The van der Waals surface area contributed by atoms with Crippen LogP contribution in [-0.2, 0) is 11.8 Å². The predicted octanol–water partition coefficient (Wildman–Crippen LogP) is 5.25. The molecular weight excluding hydrogens is 566 g/mol. The van der Waals surface area contributed by atoms with E-state index in [0.29, 0.717) is 30.5 Å². The fourth-order valence-corrected chi connectivity index (χ4v) is 5.93. The number of carbonyl (C=O) groups excluding carboxylic acids is 1. The maximum atomic E-state index is 13.0. The van der Waals surface area contributed by atoms with Crippen molar-refractivity contribution in [3.63, 3.8) is 0 Å². The van der Waals surface area contributed by atoms with Crippen LogP contribution in [-0.4, -0.2) is 78.7 Å². The number of nitrogen functional groups attached to an aromatic ring is 1. The molecule has 4 aromatic heterocycles. The van der Waals surface area contributed by atoms with Crippen LogP contribution in [0.1, 0.15) is 31.5 Å². The SMILES string of the molecule is C/C(=C\CN(C)C)C(=O)N1CCC(n2cc(-c3c(-c4ccc(Oc5cccc(C)n5)cc4)c4c(N)ncnc4n3C)cn2)CC1. The lowest BCUT2D eigenvalue weighted by Gasteiger charge is -2.32. The monoisotopic (exact) mass is 605 g/mol. The Morgan fingerprint density at radius 2 is 1.84 bits per heavy atom. The largest absolute Gasteiger partial charge is 0.439 e. The Bertz CT molecular complexity index is 1860. The highest BCUT2D eigenvalue weighted by molar-refractivity contribution is 6.07. The van der Waals surface area contributed by atoms with Crippen LogP contribution in [0.4, 0.5) is 5.82 Å². The normalized spacial score (nSPS) is 14.4. The van der Waals surface area contributed by atoms with E-state index in [4.69, 9.17) is 15.6 Å². The first kappa shape index (κ1) is 30.0. The number of carbonyl (C=O) groups is 1. The van der Waals surface area contributed by atoms with Gasteiger partial charge in [-0.1, -0.05) is 24.3 Å². The fourth-order valence-electron chi connectivity index (χ4n) is 5.93. The van der Waals surface area contributed by atoms with Gasteiger partial charge in [-0.3, -0.25) is 9.48 Å². The molecule has 0 saturated carbocycles. The number of rotatable bonds is 8. The van der Waals surface area contributed by atoms with Gasteiger partial charge in [0.1, 0.15) is 23.5 Å². The van der Waals surface area contributed by atoms with Gasteiger partial charge >= 0.3 is 0 Å². The van der Waals surface area contributed by atoms with E-state index in [1.807, 2.05) is 104 Å². The lowest BCUT2D eigenvalue weighted by atomic mass is 10.00. The van der Waals surface area contributed by atoms with Gasteiger partial charge in [0.2, 0.25) is 11.8 Å². The molecule has 0 atom stereocenters. The van der Waals surface area contributed by atoms with Gasteiger partial charge in [0.25, 0.3) is 0 Å². The first-order valence-electron chi connectivity index (χ1n) is 15.2. The van der Waals surface area contributed by atoms with Crippen molar-refractivity contribution >= 4 is 22.8 Å². The maximum Gasteiger partial charge on any atom is 0.249 e. The minimum atomic E-state index is 0.113. The number of amides is 1. The third-order valence-corrected chi connectivity index (χ3v) is 8.33. The molecule has 11 nitrogen and oxygen atoms in total. The summed E-state index contributed by atoms with van der Waals surface area (Å²) in [7, 11) is 5.98. The molecule has 6 rings (SSSR count). The Morgan fingerprint density at radius 3 is 2.56 bits per heavy atom. The van der Waals surface area contributed by atoms with Gasteiger partial charge in [0, 0.05) is 61.3 Å². The Hall–Kier alpha value is -5.03. The number of benzene rings is 1. The number of likely N-dealkylation sites (tertiary alicyclic amines) is 1. The predicted molar refractivity (Wildman–Crippen MR) is 176 cm³/mol. The van der Waals surface area contributed by atoms with E-state index in [1.165, 1.54) is 6.33 Å². The van der Waals surface area contributed by atoms with E-state index in [-0.39, 0.29) is 11.9 Å². The second-order valence-electron chi connectivity index (χ2n) is 11.9. The summed E-state index contributed by atoms with van der Waals surface area (Å²) < 4.78 is 10.1. The number of ether oxygens (including phenoxy) is 1. The molecule has 45 heavy (non-hydrogen) atoms. The number of aromatic nitrogens is 6. The Labute approximate surface area is 263 Å². The molecule has 2 N–H and O–H groups in total. The van der Waals surface area contributed by atoms with Crippen LogP contribution in [0.5, 0.6) is 11.6 Å². The Kier molecular flexibility index (Phi) is 8.36. The van der Waals surface area contributed by atoms with Gasteiger partial charge in [-0.05, 0) is 64.5 Å². The Morgan fingerprint density at radius 1 is 1.09 bits per heavy atom. The molecule has 0 bridgehead atoms. The maximum absolute atomic E-state index is 13.0. The number of pyridine rings is 1. The standard InChI is InChI=1S/C34H39N9O2/c1-22(13-16-40(3)4)34(44)42-17-14-26(15-18-42)43-20-25(19-38-43)31-29(30-32(35)36-21-37-33(30)41(31)5)24-9-11-27(12-10-24)45-28-8-6-7-23(2)39-28/h6-13,19-21,26H,14-18H2,1-5H3,(H2,35,36,37)/b22-13+. The minimum Gasteiger partial charge on any atom is -0.439 e. The molecule has 1 aromatic carbocycles. The van der Waals surface area contributed by atoms with Crippen LogP contribution >= 0.6 is 0 Å². The van der Waals surface area contributed by atoms with Crippen LogP contribution in [0.15, 0.2) is 72.8 Å². The van der Waals surface area contributed by atoms with Gasteiger partial charge in [-0.15, -0.1) is 0 Å². The molecule has 1 aliphatic heterocycles. The van der Waals surface area contributed by atoms with Crippen LogP contribution in [0, 0.1) is 6.92 Å². The van der Waals surface area contributed by atoms with Crippen molar-refractivity contribution in [2.24, 2.45) is 7.05 Å². The summed E-state index contributed by atoms with van der Waals surface area (Å²) in [5.74, 6) is 1.76. The van der Waals surface area contributed by atoms with Crippen molar-refractivity contribution in [2.45, 2.75) is 32.7 Å². The molecule has 1 fully saturated rings. The highest BCUT2D eigenvalue weighted by Crippen LogP contribution is 2.42. The van der Waals surface area contributed by atoms with Crippen LogP contribution in [0.25, 0.3) is 33.4 Å². The topological polar surface area (TPSA) is 120 Å². The molecule has 0 spiro atoms. The van der Waals surface area contributed by atoms with E-state index >= 15 is 0 Å². The minimum absolute atomic E-state index is 0.113. The number of likely N-dealkylation sites (N-methyl/N-ethyl adjacent to an activating group) is 1. The molecule has 5 aromatic rings. The summed E-state index contributed by atoms with van der Waals surface area (Å²) >= 11 is 0. The van der Waals surface area contributed by atoms with Gasteiger partial charge in [-0.2, -0.15) is 5.10 Å². The Balaban J connectivity index is 1.27. The molecule has 11 heteroatoms. The fraction of sp³-hybridized carbons (Fsp3) is 0.324. The number of aryl methyl sites for hydroxylation is 2. The zero-order valence-electron chi connectivity index (χ0n) is 26.4. The molecule has 1 saturated heterocycles. The van der Waals surface area contributed by atoms with E-state index in [0.717, 1.165) is 64.1 Å². The summed E-state index contributed by atoms with van der Waals surface area (Å²) in [5, 5.41) is 5.59. The zero-order chi connectivity index (χ0) is 31.7.